The zero-order valence-electron chi connectivity index (χ0n) is 17.4. The van der Waals surface area contributed by atoms with E-state index in [1.54, 1.807) is 38.6 Å². The number of carbonyl (C=O) groups is 1. The molecule has 0 radical (unpaired) electrons. The van der Waals surface area contributed by atoms with Crippen LogP contribution in [0.1, 0.15) is 5.56 Å². The number of anilines is 1. The van der Waals surface area contributed by atoms with Crippen LogP contribution in [-0.2, 0) is 4.79 Å². The lowest BCUT2D eigenvalue weighted by Gasteiger charge is -2.11. The maximum Gasteiger partial charge on any atom is 0.234 e. The van der Waals surface area contributed by atoms with Crippen molar-refractivity contribution in [3.63, 3.8) is 0 Å². The highest BCUT2D eigenvalue weighted by atomic mass is 32.2. The number of carbonyl (C=O) groups excluding carboxylic acids is 1. The van der Waals surface area contributed by atoms with Crippen LogP contribution >= 0.6 is 11.8 Å². The molecule has 1 amide bonds. The summed E-state index contributed by atoms with van der Waals surface area (Å²) in [6.07, 6.45) is 3.39. The minimum absolute atomic E-state index is 0.0802. The first kappa shape index (κ1) is 21.5. The number of ether oxygens (including phenoxy) is 1. The maximum atomic E-state index is 13.7. The summed E-state index contributed by atoms with van der Waals surface area (Å²) in [5.74, 6) is 0.772. The number of halogens is 1. The van der Waals surface area contributed by atoms with E-state index in [1.165, 1.54) is 17.8 Å². The molecular weight excluding hydrogens is 429 g/mol. The van der Waals surface area contributed by atoms with Gasteiger partial charge in [0.25, 0.3) is 0 Å². The van der Waals surface area contributed by atoms with E-state index in [-0.39, 0.29) is 17.5 Å². The quantitative estimate of drug-likeness (QED) is 0.418. The molecule has 4 rings (SSSR count). The number of benzene rings is 2. The van der Waals surface area contributed by atoms with E-state index in [2.05, 4.69) is 20.5 Å². The van der Waals surface area contributed by atoms with Crippen LogP contribution in [0.4, 0.5) is 10.1 Å². The minimum Gasteiger partial charge on any atom is -0.497 e. The summed E-state index contributed by atoms with van der Waals surface area (Å²) >= 11 is 1.23. The predicted octanol–water partition coefficient (Wildman–Crippen LogP) is 4.52. The molecular formula is C23H20FN5O2S. The Morgan fingerprint density at radius 1 is 1.16 bits per heavy atom. The Labute approximate surface area is 188 Å². The van der Waals surface area contributed by atoms with E-state index in [1.807, 2.05) is 41.0 Å². The van der Waals surface area contributed by atoms with Gasteiger partial charge in [-0.15, -0.1) is 10.2 Å². The van der Waals surface area contributed by atoms with E-state index in [0.29, 0.717) is 22.2 Å². The van der Waals surface area contributed by atoms with Crippen LogP contribution in [0, 0.1) is 12.7 Å². The molecule has 0 saturated heterocycles. The van der Waals surface area contributed by atoms with Crippen LogP contribution in [-0.4, -0.2) is 38.5 Å². The molecule has 1 N–H and O–H groups in total. The molecule has 0 atom stereocenters. The minimum atomic E-state index is -0.365. The molecule has 0 bridgehead atoms. The van der Waals surface area contributed by atoms with Gasteiger partial charge in [-0.1, -0.05) is 17.8 Å². The zero-order chi connectivity index (χ0) is 22.5. The fraction of sp³-hybridized carbons (Fsp3) is 0.130. The van der Waals surface area contributed by atoms with Crippen LogP contribution in [0.3, 0.4) is 0 Å². The topological polar surface area (TPSA) is 81.9 Å². The van der Waals surface area contributed by atoms with E-state index >= 15 is 0 Å². The number of thioether (sulfide) groups is 1. The van der Waals surface area contributed by atoms with Crippen molar-refractivity contribution in [2.24, 2.45) is 0 Å². The molecule has 0 saturated carbocycles. The van der Waals surface area contributed by atoms with Crippen molar-refractivity contribution in [2.45, 2.75) is 12.1 Å². The van der Waals surface area contributed by atoms with Crippen molar-refractivity contribution in [2.75, 3.05) is 18.2 Å². The molecule has 162 valence electrons. The van der Waals surface area contributed by atoms with Crippen molar-refractivity contribution in [1.82, 2.24) is 19.7 Å². The van der Waals surface area contributed by atoms with Gasteiger partial charge in [-0.25, -0.2) is 4.39 Å². The number of methoxy groups -OCH3 is 1. The number of pyridine rings is 1. The Hall–Kier alpha value is -3.72. The molecule has 32 heavy (non-hydrogen) atoms. The molecule has 7 nitrogen and oxygen atoms in total. The summed E-state index contributed by atoms with van der Waals surface area (Å²) < 4.78 is 20.9. The lowest BCUT2D eigenvalue weighted by atomic mass is 10.2. The van der Waals surface area contributed by atoms with Crippen molar-refractivity contribution in [3.05, 3.63) is 78.4 Å². The molecule has 0 aliphatic heterocycles. The smallest absolute Gasteiger partial charge is 0.234 e. The molecule has 2 aromatic heterocycles. The molecule has 0 aliphatic rings. The average molecular weight is 450 g/mol. The normalized spacial score (nSPS) is 10.7. The highest BCUT2D eigenvalue weighted by molar-refractivity contribution is 7.99. The van der Waals surface area contributed by atoms with Crippen molar-refractivity contribution < 1.29 is 13.9 Å². The van der Waals surface area contributed by atoms with E-state index in [4.69, 9.17) is 4.74 Å². The van der Waals surface area contributed by atoms with Gasteiger partial charge in [-0.3, -0.25) is 14.3 Å². The lowest BCUT2D eigenvalue weighted by molar-refractivity contribution is -0.113. The second kappa shape index (κ2) is 9.61. The Morgan fingerprint density at radius 2 is 1.97 bits per heavy atom. The lowest BCUT2D eigenvalue weighted by Crippen LogP contribution is -2.14. The number of nitrogens with zero attached hydrogens (tertiary/aromatic N) is 4. The van der Waals surface area contributed by atoms with Gasteiger partial charge < -0.3 is 10.1 Å². The molecule has 4 aromatic rings. The van der Waals surface area contributed by atoms with Crippen molar-refractivity contribution in [1.29, 1.82) is 0 Å². The zero-order valence-corrected chi connectivity index (χ0v) is 18.3. The Morgan fingerprint density at radius 3 is 2.66 bits per heavy atom. The Kier molecular flexibility index (Phi) is 6.46. The summed E-state index contributed by atoms with van der Waals surface area (Å²) in [5, 5.41) is 11.9. The number of hydrogen-bond acceptors (Lipinski definition) is 6. The molecule has 2 aromatic carbocycles. The monoisotopic (exact) mass is 449 g/mol. The third-order valence-corrected chi connectivity index (χ3v) is 5.60. The van der Waals surface area contributed by atoms with Gasteiger partial charge in [0.2, 0.25) is 5.91 Å². The first-order valence-electron chi connectivity index (χ1n) is 9.74. The summed E-state index contributed by atoms with van der Waals surface area (Å²) in [6, 6.07) is 15.8. The van der Waals surface area contributed by atoms with Gasteiger partial charge in [0.15, 0.2) is 11.0 Å². The maximum absolute atomic E-state index is 13.7. The van der Waals surface area contributed by atoms with Gasteiger partial charge in [-0.2, -0.15) is 0 Å². The van der Waals surface area contributed by atoms with Gasteiger partial charge in [0.05, 0.1) is 12.9 Å². The molecule has 9 heteroatoms. The molecule has 0 aliphatic carbocycles. The predicted molar refractivity (Wildman–Crippen MR) is 122 cm³/mol. The van der Waals surface area contributed by atoms with E-state index in [9.17, 15) is 9.18 Å². The molecule has 0 fully saturated rings. The highest BCUT2D eigenvalue weighted by Crippen LogP contribution is 2.28. The standard InChI is InChI=1S/C23H20FN5O2S/c1-15-5-6-17(12-20(15)24)26-21(30)14-32-23-28-27-22(16-4-3-11-25-13-16)29(23)18-7-9-19(31-2)10-8-18/h3-13H,14H2,1-2H3,(H,26,30). The number of aromatic nitrogens is 4. The Bertz CT molecular complexity index is 1230. The second-order valence-electron chi connectivity index (χ2n) is 6.88. The van der Waals surface area contributed by atoms with Gasteiger partial charge in [0, 0.05) is 29.3 Å². The van der Waals surface area contributed by atoms with Gasteiger partial charge in [-0.05, 0) is 61.0 Å². The van der Waals surface area contributed by atoms with Crippen LogP contribution in [0.5, 0.6) is 5.75 Å². The summed E-state index contributed by atoms with van der Waals surface area (Å²) in [7, 11) is 1.61. The highest BCUT2D eigenvalue weighted by Gasteiger charge is 2.18. The third kappa shape index (κ3) is 4.78. The first-order chi connectivity index (χ1) is 15.5. The van der Waals surface area contributed by atoms with Crippen molar-refractivity contribution in [3.8, 4) is 22.8 Å². The first-order valence-corrected chi connectivity index (χ1v) is 10.7. The van der Waals surface area contributed by atoms with Crippen LogP contribution < -0.4 is 10.1 Å². The number of amides is 1. The number of hydrogen-bond donors (Lipinski definition) is 1. The largest absolute Gasteiger partial charge is 0.497 e. The number of aryl methyl sites for hydroxylation is 1. The van der Waals surface area contributed by atoms with Gasteiger partial charge in [0.1, 0.15) is 11.6 Å². The molecule has 0 spiro atoms. The molecule has 0 unspecified atom stereocenters. The van der Waals surface area contributed by atoms with Crippen LogP contribution in [0.2, 0.25) is 0 Å². The van der Waals surface area contributed by atoms with Crippen LogP contribution in [0.15, 0.2) is 72.1 Å². The molecule has 2 heterocycles. The third-order valence-electron chi connectivity index (χ3n) is 4.67. The SMILES string of the molecule is COc1ccc(-n2c(SCC(=O)Nc3ccc(C)c(F)c3)nnc2-c2cccnc2)cc1. The summed E-state index contributed by atoms with van der Waals surface area (Å²) in [6.45, 7) is 1.67. The second-order valence-corrected chi connectivity index (χ2v) is 7.82. The average Bonchev–Trinajstić information content (AvgIpc) is 3.25. The summed E-state index contributed by atoms with van der Waals surface area (Å²) in [5.41, 5.74) is 2.54. The van der Waals surface area contributed by atoms with Crippen LogP contribution in [0.25, 0.3) is 17.1 Å². The van der Waals surface area contributed by atoms with E-state index in [0.717, 1.165) is 17.0 Å². The van der Waals surface area contributed by atoms with E-state index < -0.39 is 0 Å². The Balaban J connectivity index is 1.58. The fourth-order valence-corrected chi connectivity index (χ4v) is 3.76. The summed E-state index contributed by atoms with van der Waals surface area (Å²) in [4.78, 5) is 16.6. The van der Waals surface area contributed by atoms with Crippen molar-refractivity contribution >= 4 is 23.4 Å². The van der Waals surface area contributed by atoms with Gasteiger partial charge >= 0.3 is 0 Å². The number of nitrogens with one attached hydrogen (secondary N) is 1. The number of rotatable bonds is 7. The fourth-order valence-electron chi connectivity index (χ4n) is 3.01.